The summed E-state index contributed by atoms with van der Waals surface area (Å²) in [7, 11) is -2.47. The van der Waals surface area contributed by atoms with Gasteiger partial charge in [0, 0.05) is 5.92 Å². The largest absolute Gasteiger partial charge is 0.546 e. The van der Waals surface area contributed by atoms with Gasteiger partial charge in [-0.1, -0.05) is 48.5 Å². The highest BCUT2D eigenvalue weighted by Gasteiger charge is 2.45. The van der Waals surface area contributed by atoms with Crippen molar-refractivity contribution < 1.29 is 18.4 Å². The zero-order valence-electron chi connectivity index (χ0n) is 22.0. The van der Waals surface area contributed by atoms with E-state index in [-0.39, 0.29) is 34.0 Å². The molecule has 0 aromatic carbocycles. The molecule has 1 rings (SSSR count). The van der Waals surface area contributed by atoms with E-state index < -0.39 is 16.6 Å². The van der Waals surface area contributed by atoms with Crippen molar-refractivity contribution in [3.8, 4) is 0 Å². The highest BCUT2D eigenvalue weighted by atomic mass is 28.4. The van der Waals surface area contributed by atoms with Crippen molar-refractivity contribution in [2.45, 2.75) is 117 Å². The van der Waals surface area contributed by atoms with Gasteiger partial charge in [-0.3, -0.25) is 4.79 Å². The minimum absolute atomic E-state index is 0.111. The van der Waals surface area contributed by atoms with Crippen LogP contribution in [0.2, 0.25) is 36.3 Å². The van der Waals surface area contributed by atoms with Gasteiger partial charge in [-0.2, -0.15) is 0 Å². The smallest absolute Gasteiger partial charge is 0.306 e. The molecule has 0 radical (unpaired) electrons. The van der Waals surface area contributed by atoms with Gasteiger partial charge in [-0.25, -0.2) is 0 Å². The molecule has 0 N–H and O–H groups in total. The maximum absolute atomic E-state index is 12.1. The molecule has 0 fully saturated rings. The zero-order chi connectivity index (χ0) is 23.7. The Hall–Kier alpha value is -0.596. The molecule has 4 nitrogen and oxygen atoms in total. The number of carbonyl (C=O) groups excluding carboxylic acids is 1. The number of hydrogen-bond donors (Lipinski definition) is 0. The SMILES string of the molecule is COC(=O)C[C@@H]1CC[C@@H](O[Si](C)(C)C(C)(C)C)[C@H](C)C(O[Si](C)(C)C(C)(C)C)=C1C. The van der Waals surface area contributed by atoms with Crippen LogP contribution in [0.25, 0.3) is 0 Å². The fraction of sp³-hybridized carbons (Fsp3) is 0.875. The summed E-state index contributed by atoms with van der Waals surface area (Å²) in [6.07, 6.45) is 2.39. The predicted molar refractivity (Wildman–Crippen MR) is 132 cm³/mol. The number of esters is 1. The number of carbonyl (C=O) groups is 1. The number of ether oxygens (including phenoxy) is 1. The van der Waals surface area contributed by atoms with E-state index in [0.29, 0.717) is 6.42 Å². The number of methoxy groups -OCH3 is 1. The molecule has 0 saturated carbocycles. The molecule has 0 unspecified atom stereocenters. The van der Waals surface area contributed by atoms with Crippen molar-refractivity contribution >= 4 is 22.6 Å². The Morgan fingerprint density at radius 2 is 1.47 bits per heavy atom. The van der Waals surface area contributed by atoms with Crippen LogP contribution < -0.4 is 0 Å². The highest BCUT2D eigenvalue weighted by Crippen LogP contribution is 2.45. The lowest BCUT2D eigenvalue weighted by atomic mass is 9.92. The van der Waals surface area contributed by atoms with Crippen LogP contribution in [-0.4, -0.2) is 35.8 Å². The Balaban J connectivity index is 3.37. The Morgan fingerprint density at radius 1 is 0.967 bits per heavy atom. The summed E-state index contributed by atoms with van der Waals surface area (Å²) in [5, 5.41) is 0.267. The minimum Gasteiger partial charge on any atom is -0.546 e. The second-order valence-electron chi connectivity index (χ2n) is 12.2. The molecular formula is C24H48O4Si2. The molecule has 6 heteroatoms. The summed E-state index contributed by atoms with van der Waals surface area (Å²) in [5.74, 6) is 1.24. The van der Waals surface area contributed by atoms with Gasteiger partial charge in [0.1, 0.15) is 0 Å². The maximum Gasteiger partial charge on any atom is 0.306 e. The van der Waals surface area contributed by atoms with Gasteiger partial charge < -0.3 is 13.6 Å². The third kappa shape index (κ3) is 6.45. The molecule has 0 spiro atoms. The van der Waals surface area contributed by atoms with Crippen LogP contribution in [0.3, 0.4) is 0 Å². The van der Waals surface area contributed by atoms with Gasteiger partial charge in [-0.05, 0) is 67.5 Å². The molecule has 176 valence electrons. The van der Waals surface area contributed by atoms with Crippen LogP contribution in [0.15, 0.2) is 11.3 Å². The molecule has 30 heavy (non-hydrogen) atoms. The Bertz CT molecular complexity index is 639. The van der Waals surface area contributed by atoms with Gasteiger partial charge in [-0.15, -0.1) is 0 Å². The van der Waals surface area contributed by atoms with Crippen LogP contribution in [0, 0.1) is 11.8 Å². The zero-order valence-corrected chi connectivity index (χ0v) is 24.0. The normalized spacial score (nSPS) is 24.5. The van der Waals surface area contributed by atoms with Gasteiger partial charge in [0.15, 0.2) is 8.32 Å². The highest BCUT2D eigenvalue weighted by molar-refractivity contribution is 6.74. The summed E-state index contributed by atoms with van der Waals surface area (Å²) in [4.78, 5) is 12.1. The van der Waals surface area contributed by atoms with Crippen molar-refractivity contribution in [3.63, 3.8) is 0 Å². The molecule has 3 atom stereocenters. The second kappa shape index (κ2) is 9.49. The lowest BCUT2D eigenvalue weighted by Crippen LogP contribution is -2.46. The topological polar surface area (TPSA) is 44.8 Å². The summed E-state index contributed by atoms with van der Waals surface area (Å²) in [6.45, 7) is 27.3. The first-order chi connectivity index (χ1) is 13.3. The Labute approximate surface area is 188 Å². The van der Waals surface area contributed by atoms with E-state index in [4.69, 9.17) is 13.6 Å². The van der Waals surface area contributed by atoms with Crippen LogP contribution in [-0.2, 0) is 18.4 Å². The van der Waals surface area contributed by atoms with Gasteiger partial charge in [0.25, 0.3) is 0 Å². The second-order valence-corrected chi connectivity index (χ2v) is 21.7. The van der Waals surface area contributed by atoms with Crippen molar-refractivity contribution in [3.05, 3.63) is 11.3 Å². The van der Waals surface area contributed by atoms with Crippen LogP contribution in [0.5, 0.6) is 0 Å². The van der Waals surface area contributed by atoms with E-state index in [1.165, 1.54) is 12.7 Å². The molecule has 0 saturated heterocycles. The van der Waals surface area contributed by atoms with Crippen molar-refractivity contribution in [1.29, 1.82) is 0 Å². The molecule has 0 bridgehead atoms. The van der Waals surface area contributed by atoms with Crippen LogP contribution in [0.4, 0.5) is 0 Å². The lowest BCUT2D eigenvalue weighted by Gasteiger charge is -2.43. The predicted octanol–water partition coefficient (Wildman–Crippen LogP) is 7.28. The average molecular weight is 457 g/mol. The first kappa shape index (κ1) is 27.4. The molecule has 0 aromatic rings. The third-order valence-electron chi connectivity index (χ3n) is 7.84. The summed E-state index contributed by atoms with van der Waals surface area (Å²) >= 11 is 0. The van der Waals surface area contributed by atoms with Crippen LogP contribution in [0.1, 0.15) is 74.7 Å². The number of rotatable bonds is 6. The van der Waals surface area contributed by atoms with Crippen LogP contribution >= 0.6 is 0 Å². The lowest BCUT2D eigenvalue weighted by molar-refractivity contribution is -0.141. The molecule has 0 amide bonds. The summed E-state index contributed by atoms with van der Waals surface area (Å²) < 4.78 is 18.8. The number of allylic oxidation sites excluding steroid dienone is 1. The van der Waals surface area contributed by atoms with E-state index in [0.717, 1.165) is 18.6 Å². The number of hydrogen-bond acceptors (Lipinski definition) is 4. The van der Waals surface area contributed by atoms with Gasteiger partial charge in [0.05, 0.1) is 25.4 Å². The Kier molecular flexibility index (Phi) is 8.68. The van der Waals surface area contributed by atoms with Crippen molar-refractivity contribution in [1.82, 2.24) is 0 Å². The van der Waals surface area contributed by atoms with Crippen molar-refractivity contribution in [2.24, 2.45) is 11.8 Å². The Morgan fingerprint density at radius 3 is 1.90 bits per heavy atom. The molecule has 0 aromatic heterocycles. The summed E-state index contributed by atoms with van der Waals surface area (Å²) in [5.41, 5.74) is 1.21. The van der Waals surface area contributed by atoms with Crippen molar-refractivity contribution in [2.75, 3.05) is 7.11 Å². The minimum atomic E-state index is -2.02. The average Bonchev–Trinajstić information content (AvgIpc) is 2.66. The monoisotopic (exact) mass is 456 g/mol. The standard InChI is InChI=1S/C24H48O4Si2/c1-17-19(16-21(25)26-9)14-15-20(27-29(10,11)23(3,4)5)18(2)22(17)28-30(12,13)24(6,7)8/h18-20H,14-16H2,1-13H3/t18-,19-,20+/m0/s1. The first-order valence-electron chi connectivity index (χ1n) is 11.5. The molecule has 1 aliphatic rings. The van der Waals surface area contributed by atoms with E-state index in [1.54, 1.807) is 0 Å². The van der Waals surface area contributed by atoms with Gasteiger partial charge in [0.2, 0.25) is 8.32 Å². The van der Waals surface area contributed by atoms with E-state index in [2.05, 4.69) is 81.6 Å². The van der Waals surface area contributed by atoms with Gasteiger partial charge >= 0.3 is 5.97 Å². The summed E-state index contributed by atoms with van der Waals surface area (Å²) in [6, 6.07) is 0. The fourth-order valence-corrected chi connectivity index (χ4v) is 6.05. The quantitative estimate of drug-likeness (QED) is 0.311. The first-order valence-corrected chi connectivity index (χ1v) is 17.3. The van der Waals surface area contributed by atoms with E-state index >= 15 is 0 Å². The third-order valence-corrected chi connectivity index (χ3v) is 16.7. The van der Waals surface area contributed by atoms with E-state index in [9.17, 15) is 4.79 Å². The fourth-order valence-electron chi connectivity index (χ4n) is 3.42. The molecule has 0 heterocycles. The molecular weight excluding hydrogens is 408 g/mol. The van der Waals surface area contributed by atoms with E-state index in [1.807, 2.05) is 0 Å². The maximum atomic E-state index is 12.1. The molecule has 0 aliphatic heterocycles. The molecule has 1 aliphatic carbocycles.